The molecule has 0 saturated heterocycles. The van der Waals surface area contributed by atoms with E-state index < -0.39 is 11.7 Å². The first-order chi connectivity index (χ1) is 8.65. The summed E-state index contributed by atoms with van der Waals surface area (Å²) in [7, 11) is 0. The van der Waals surface area contributed by atoms with E-state index in [0.29, 0.717) is 6.54 Å². The number of aromatic nitrogens is 1. The molecule has 6 heteroatoms. The van der Waals surface area contributed by atoms with E-state index in [-0.39, 0.29) is 17.3 Å². The lowest BCUT2D eigenvalue weighted by molar-refractivity contribution is 0.0952. The van der Waals surface area contributed by atoms with Crippen molar-refractivity contribution in [3.63, 3.8) is 0 Å². The van der Waals surface area contributed by atoms with E-state index in [1.54, 1.807) is 0 Å². The Morgan fingerprint density at radius 1 is 1.39 bits per heavy atom. The minimum Gasteiger partial charge on any atom is -0.396 e. The summed E-state index contributed by atoms with van der Waals surface area (Å²) in [6.07, 6.45) is 4.40. The predicted octanol–water partition coefficient (Wildman–Crippen LogP) is 2.16. The Labute approximate surface area is 110 Å². The molecule has 0 aliphatic carbocycles. The first kappa shape index (κ1) is 14.9. The molecule has 18 heavy (non-hydrogen) atoms. The maximum Gasteiger partial charge on any atom is 0.254 e. The van der Waals surface area contributed by atoms with Crippen LogP contribution >= 0.6 is 11.6 Å². The van der Waals surface area contributed by atoms with E-state index in [1.165, 1.54) is 0 Å². The van der Waals surface area contributed by atoms with Gasteiger partial charge in [-0.25, -0.2) is 9.37 Å². The fourth-order valence-electron chi connectivity index (χ4n) is 1.47. The fourth-order valence-corrected chi connectivity index (χ4v) is 1.66. The van der Waals surface area contributed by atoms with Crippen LogP contribution in [0.25, 0.3) is 0 Å². The van der Waals surface area contributed by atoms with Crippen LogP contribution in [-0.2, 0) is 0 Å². The van der Waals surface area contributed by atoms with Crippen LogP contribution in [0.4, 0.5) is 4.39 Å². The number of nitrogens with zero attached hydrogens (tertiary/aromatic N) is 1. The molecule has 0 bridgehead atoms. The van der Waals surface area contributed by atoms with Crippen LogP contribution in [0.2, 0.25) is 5.15 Å². The molecule has 0 aliphatic heterocycles. The molecule has 0 spiro atoms. The van der Waals surface area contributed by atoms with Crippen molar-refractivity contribution in [2.24, 2.45) is 0 Å². The molecular formula is C12H16ClFN2O2. The Morgan fingerprint density at radius 2 is 2.11 bits per heavy atom. The van der Waals surface area contributed by atoms with Crippen molar-refractivity contribution >= 4 is 17.5 Å². The van der Waals surface area contributed by atoms with Crippen molar-refractivity contribution in [2.45, 2.75) is 25.7 Å². The number of hydrogen-bond acceptors (Lipinski definition) is 3. The molecule has 0 fully saturated rings. The average Bonchev–Trinajstić information content (AvgIpc) is 2.36. The molecule has 1 rings (SSSR count). The minimum atomic E-state index is -0.590. The summed E-state index contributed by atoms with van der Waals surface area (Å²) in [6, 6.07) is 1.07. The van der Waals surface area contributed by atoms with Gasteiger partial charge >= 0.3 is 0 Å². The van der Waals surface area contributed by atoms with Gasteiger partial charge in [0.1, 0.15) is 11.0 Å². The highest BCUT2D eigenvalue weighted by atomic mass is 35.5. The molecular weight excluding hydrogens is 259 g/mol. The molecule has 1 heterocycles. The van der Waals surface area contributed by atoms with Crippen LogP contribution < -0.4 is 5.32 Å². The summed E-state index contributed by atoms with van der Waals surface area (Å²) in [5, 5.41) is 11.2. The number of carbonyl (C=O) groups is 1. The number of halogens is 2. The summed E-state index contributed by atoms with van der Waals surface area (Å²) >= 11 is 5.71. The van der Waals surface area contributed by atoms with Crippen LogP contribution in [0, 0.1) is 5.82 Å². The third-order valence-electron chi connectivity index (χ3n) is 2.42. The second-order valence-electron chi connectivity index (χ2n) is 3.89. The van der Waals surface area contributed by atoms with E-state index in [2.05, 4.69) is 10.3 Å². The zero-order valence-corrected chi connectivity index (χ0v) is 10.7. The summed E-state index contributed by atoms with van der Waals surface area (Å²) in [5.74, 6) is -1.01. The molecule has 0 unspecified atom stereocenters. The molecule has 0 atom stereocenters. The van der Waals surface area contributed by atoms with E-state index in [4.69, 9.17) is 16.7 Å². The molecule has 1 aromatic heterocycles. The van der Waals surface area contributed by atoms with Gasteiger partial charge in [-0.1, -0.05) is 24.4 Å². The summed E-state index contributed by atoms with van der Waals surface area (Å²) < 4.78 is 12.9. The Hall–Kier alpha value is -1.20. The van der Waals surface area contributed by atoms with Crippen molar-refractivity contribution in [3.05, 3.63) is 28.8 Å². The molecule has 4 nitrogen and oxygen atoms in total. The molecule has 100 valence electrons. The van der Waals surface area contributed by atoms with Gasteiger partial charge in [0.25, 0.3) is 5.91 Å². The number of hydrogen-bond donors (Lipinski definition) is 2. The maximum atomic E-state index is 12.9. The van der Waals surface area contributed by atoms with Crippen LogP contribution in [0.5, 0.6) is 0 Å². The van der Waals surface area contributed by atoms with Crippen LogP contribution in [0.3, 0.4) is 0 Å². The highest BCUT2D eigenvalue weighted by molar-refractivity contribution is 6.32. The van der Waals surface area contributed by atoms with Gasteiger partial charge in [-0.2, -0.15) is 0 Å². The smallest absolute Gasteiger partial charge is 0.254 e. The monoisotopic (exact) mass is 274 g/mol. The van der Waals surface area contributed by atoms with Gasteiger partial charge in [0.05, 0.1) is 11.8 Å². The summed E-state index contributed by atoms with van der Waals surface area (Å²) in [6.45, 7) is 0.689. The standard InChI is InChI=1S/C12H16ClFN2O2/c13-11-10(7-9(14)8-16-11)12(18)15-5-3-1-2-4-6-17/h7-8,17H,1-6H2,(H,15,18). The molecule has 1 aromatic rings. The first-order valence-electron chi connectivity index (χ1n) is 5.85. The summed E-state index contributed by atoms with van der Waals surface area (Å²) in [4.78, 5) is 15.2. The molecule has 2 N–H and O–H groups in total. The highest BCUT2D eigenvalue weighted by Gasteiger charge is 2.11. The van der Waals surface area contributed by atoms with Crippen molar-refractivity contribution in [1.82, 2.24) is 10.3 Å². The number of nitrogens with one attached hydrogen (secondary N) is 1. The third-order valence-corrected chi connectivity index (χ3v) is 2.72. The Balaban J connectivity index is 2.34. The number of amides is 1. The summed E-state index contributed by atoms with van der Waals surface area (Å²) in [5.41, 5.74) is 0.0482. The van der Waals surface area contributed by atoms with Crippen molar-refractivity contribution in [1.29, 1.82) is 0 Å². The zero-order valence-electron chi connectivity index (χ0n) is 9.96. The topological polar surface area (TPSA) is 62.2 Å². The Kier molecular flexibility index (Phi) is 6.60. The van der Waals surface area contributed by atoms with Gasteiger partial charge in [0, 0.05) is 13.2 Å². The third kappa shape index (κ3) is 4.98. The molecule has 0 radical (unpaired) electrons. The lowest BCUT2D eigenvalue weighted by atomic mass is 10.2. The van der Waals surface area contributed by atoms with Crippen LogP contribution in [0.15, 0.2) is 12.3 Å². The van der Waals surface area contributed by atoms with Gasteiger partial charge in [0.15, 0.2) is 0 Å². The van der Waals surface area contributed by atoms with Crippen LogP contribution in [-0.4, -0.2) is 29.1 Å². The van der Waals surface area contributed by atoms with E-state index in [0.717, 1.165) is 37.9 Å². The minimum absolute atomic E-state index is 0.00539. The second-order valence-corrected chi connectivity index (χ2v) is 4.24. The Morgan fingerprint density at radius 3 is 2.83 bits per heavy atom. The number of rotatable bonds is 7. The first-order valence-corrected chi connectivity index (χ1v) is 6.23. The number of aliphatic hydroxyl groups excluding tert-OH is 1. The molecule has 0 aromatic carbocycles. The lowest BCUT2D eigenvalue weighted by Crippen LogP contribution is -2.25. The molecule has 0 aliphatic rings. The van der Waals surface area contributed by atoms with E-state index in [9.17, 15) is 9.18 Å². The van der Waals surface area contributed by atoms with Crippen molar-refractivity contribution in [3.8, 4) is 0 Å². The van der Waals surface area contributed by atoms with E-state index in [1.807, 2.05) is 0 Å². The number of unbranched alkanes of at least 4 members (excludes halogenated alkanes) is 3. The Bertz CT molecular complexity index is 402. The number of aliphatic hydroxyl groups is 1. The largest absolute Gasteiger partial charge is 0.396 e. The SMILES string of the molecule is O=C(NCCCCCCO)c1cc(F)cnc1Cl. The van der Waals surface area contributed by atoms with Crippen molar-refractivity contribution < 1.29 is 14.3 Å². The quantitative estimate of drug-likeness (QED) is 0.592. The van der Waals surface area contributed by atoms with Gasteiger partial charge in [0.2, 0.25) is 0 Å². The maximum absolute atomic E-state index is 12.9. The molecule has 0 saturated carbocycles. The lowest BCUT2D eigenvalue weighted by Gasteiger charge is -2.06. The highest BCUT2D eigenvalue weighted by Crippen LogP contribution is 2.13. The average molecular weight is 275 g/mol. The second kappa shape index (κ2) is 8.00. The van der Waals surface area contributed by atoms with E-state index >= 15 is 0 Å². The predicted molar refractivity (Wildman–Crippen MR) is 67.1 cm³/mol. The zero-order chi connectivity index (χ0) is 13.4. The van der Waals surface area contributed by atoms with Gasteiger partial charge < -0.3 is 10.4 Å². The fraction of sp³-hybridized carbons (Fsp3) is 0.500. The van der Waals surface area contributed by atoms with Crippen molar-refractivity contribution in [2.75, 3.05) is 13.2 Å². The number of carbonyl (C=O) groups excluding carboxylic acids is 1. The van der Waals surface area contributed by atoms with Crippen LogP contribution in [0.1, 0.15) is 36.0 Å². The van der Waals surface area contributed by atoms with Gasteiger partial charge in [-0.15, -0.1) is 0 Å². The number of pyridine rings is 1. The van der Waals surface area contributed by atoms with Gasteiger partial charge in [-0.3, -0.25) is 4.79 Å². The normalized spacial score (nSPS) is 10.4. The van der Waals surface area contributed by atoms with Gasteiger partial charge in [-0.05, 0) is 18.9 Å². The molecule has 1 amide bonds.